The number of ether oxygens (including phenoxy) is 1. The minimum atomic E-state index is -0.552. The number of hydrogen-bond donors (Lipinski definition) is 2. The van der Waals surface area contributed by atoms with Crippen LogP contribution < -0.4 is 11.5 Å². The maximum Gasteiger partial charge on any atom is 0.252 e. The van der Waals surface area contributed by atoms with E-state index in [9.17, 15) is 9.59 Å². The second-order valence-electron chi connectivity index (χ2n) is 5.42. The molecule has 1 aliphatic heterocycles. The van der Waals surface area contributed by atoms with Crippen molar-refractivity contribution in [1.82, 2.24) is 4.90 Å². The number of para-hydroxylation sites is 1. The molecule has 0 aromatic heterocycles. The topological polar surface area (TPSA) is 98.6 Å². The van der Waals surface area contributed by atoms with Crippen LogP contribution in [0.1, 0.15) is 18.9 Å². The Kier molecular flexibility index (Phi) is 4.80. The van der Waals surface area contributed by atoms with Gasteiger partial charge in [0.1, 0.15) is 6.10 Å². The number of carbonyl (C=O) groups is 2. The standard InChI is InChI=1S/C15H21N3O3/c1-10-6-7-21-14(10)15(20)18(9-13(17)19)8-11-4-2-3-5-12(11)16/h2-5,10,14H,6-9,16H2,1H3,(H2,17,19). The Hall–Kier alpha value is -2.08. The van der Waals surface area contributed by atoms with Crippen LogP contribution in [0.2, 0.25) is 0 Å². The van der Waals surface area contributed by atoms with Crippen molar-refractivity contribution in [3.05, 3.63) is 29.8 Å². The molecule has 6 heteroatoms. The van der Waals surface area contributed by atoms with Crippen molar-refractivity contribution in [2.24, 2.45) is 11.7 Å². The SMILES string of the molecule is CC1CCOC1C(=O)N(CC(N)=O)Cc1ccccc1N. The van der Waals surface area contributed by atoms with Gasteiger partial charge in [-0.15, -0.1) is 0 Å². The predicted octanol–water partition coefficient (Wildman–Crippen LogP) is 0.508. The fourth-order valence-electron chi connectivity index (χ4n) is 2.47. The third-order valence-corrected chi connectivity index (χ3v) is 3.71. The molecule has 2 unspecified atom stereocenters. The summed E-state index contributed by atoms with van der Waals surface area (Å²) in [6.45, 7) is 2.64. The molecular formula is C15H21N3O3. The van der Waals surface area contributed by atoms with Crippen LogP contribution >= 0.6 is 0 Å². The van der Waals surface area contributed by atoms with E-state index in [1.165, 1.54) is 4.90 Å². The van der Waals surface area contributed by atoms with Crippen LogP contribution in [0, 0.1) is 5.92 Å². The number of amides is 2. The molecule has 1 saturated heterocycles. The summed E-state index contributed by atoms with van der Waals surface area (Å²) in [6, 6.07) is 7.25. The van der Waals surface area contributed by atoms with E-state index in [2.05, 4.69) is 0 Å². The number of anilines is 1. The Morgan fingerprint density at radius 3 is 2.67 bits per heavy atom. The maximum absolute atomic E-state index is 12.6. The van der Waals surface area contributed by atoms with E-state index in [-0.39, 0.29) is 24.9 Å². The van der Waals surface area contributed by atoms with E-state index in [1.54, 1.807) is 6.07 Å². The first-order valence-corrected chi connectivity index (χ1v) is 7.01. The Balaban J connectivity index is 2.16. The van der Waals surface area contributed by atoms with Crippen molar-refractivity contribution in [3.8, 4) is 0 Å². The highest BCUT2D eigenvalue weighted by atomic mass is 16.5. The lowest BCUT2D eigenvalue weighted by Crippen LogP contribution is -2.44. The van der Waals surface area contributed by atoms with Crippen LogP contribution in [-0.4, -0.2) is 36.0 Å². The van der Waals surface area contributed by atoms with E-state index in [0.717, 1.165) is 12.0 Å². The van der Waals surface area contributed by atoms with Gasteiger partial charge in [0.2, 0.25) is 5.91 Å². The lowest BCUT2D eigenvalue weighted by molar-refractivity contribution is -0.145. The first-order valence-electron chi connectivity index (χ1n) is 7.01. The summed E-state index contributed by atoms with van der Waals surface area (Å²) in [7, 11) is 0. The minimum absolute atomic E-state index is 0.139. The van der Waals surface area contributed by atoms with Gasteiger partial charge < -0.3 is 21.1 Å². The molecule has 21 heavy (non-hydrogen) atoms. The first-order chi connectivity index (χ1) is 9.99. The third kappa shape index (κ3) is 3.72. The van der Waals surface area contributed by atoms with Crippen LogP contribution in [0.25, 0.3) is 0 Å². The van der Waals surface area contributed by atoms with Gasteiger partial charge in [0.15, 0.2) is 0 Å². The Bertz CT molecular complexity index is 533. The maximum atomic E-state index is 12.6. The van der Waals surface area contributed by atoms with Crippen molar-refractivity contribution < 1.29 is 14.3 Å². The van der Waals surface area contributed by atoms with Gasteiger partial charge in [-0.3, -0.25) is 9.59 Å². The fourth-order valence-corrected chi connectivity index (χ4v) is 2.47. The number of nitrogens with two attached hydrogens (primary N) is 2. The Labute approximate surface area is 124 Å². The number of nitrogens with zero attached hydrogens (tertiary/aromatic N) is 1. The zero-order valence-corrected chi connectivity index (χ0v) is 12.1. The summed E-state index contributed by atoms with van der Waals surface area (Å²) in [5.74, 6) is -0.619. The van der Waals surface area contributed by atoms with Crippen molar-refractivity contribution in [2.75, 3.05) is 18.9 Å². The molecule has 0 bridgehead atoms. The summed E-state index contributed by atoms with van der Waals surface area (Å²) in [5.41, 5.74) is 12.5. The summed E-state index contributed by atoms with van der Waals surface area (Å²) in [6.07, 6.45) is 0.336. The second-order valence-corrected chi connectivity index (χ2v) is 5.42. The van der Waals surface area contributed by atoms with Gasteiger partial charge in [-0.2, -0.15) is 0 Å². The molecule has 1 aromatic rings. The molecule has 2 rings (SSSR count). The van der Waals surface area contributed by atoms with Crippen LogP contribution in [0.15, 0.2) is 24.3 Å². The summed E-state index contributed by atoms with van der Waals surface area (Å²) in [5, 5.41) is 0. The Morgan fingerprint density at radius 1 is 1.38 bits per heavy atom. The average molecular weight is 291 g/mol. The second kappa shape index (κ2) is 6.58. The van der Waals surface area contributed by atoms with Crippen molar-refractivity contribution in [2.45, 2.75) is 26.0 Å². The quantitative estimate of drug-likeness (QED) is 0.772. The van der Waals surface area contributed by atoms with E-state index >= 15 is 0 Å². The van der Waals surface area contributed by atoms with E-state index in [1.807, 2.05) is 25.1 Å². The highest BCUT2D eigenvalue weighted by Crippen LogP contribution is 2.23. The van der Waals surface area contributed by atoms with Gasteiger partial charge in [-0.05, 0) is 24.0 Å². The monoisotopic (exact) mass is 291 g/mol. The minimum Gasteiger partial charge on any atom is -0.398 e. The lowest BCUT2D eigenvalue weighted by atomic mass is 10.0. The number of benzene rings is 1. The molecule has 2 amide bonds. The summed E-state index contributed by atoms with van der Waals surface area (Å²) < 4.78 is 5.48. The molecule has 0 saturated carbocycles. The van der Waals surface area contributed by atoms with E-state index in [4.69, 9.17) is 16.2 Å². The van der Waals surface area contributed by atoms with Gasteiger partial charge >= 0.3 is 0 Å². The molecule has 6 nitrogen and oxygen atoms in total. The van der Waals surface area contributed by atoms with Crippen LogP contribution in [-0.2, 0) is 20.9 Å². The normalized spacial score (nSPS) is 21.2. The number of rotatable bonds is 5. The van der Waals surface area contributed by atoms with Gasteiger partial charge in [0, 0.05) is 18.8 Å². The van der Waals surface area contributed by atoms with Crippen molar-refractivity contribution >= 4 is 17.5 Å². The van der Waals surface area contributed by atoms with Crippen LogP contribution in [0.5, 0.6) is 0 Å². The molecule has 114 valence electrons. The van der Waals surface area contributed by atoms with E-state index < -0.39 is 12.0 Å². The molecular weight excluding hydrogens is 270 g/mol. The zero-order chi connectivity index (χ0) is 15.4. The summed E-state index contributed by atoms with van der Waals surface area (Å²) >= 11 is 0. The zero-order valence-electron chi connectivity index (χ0n) is 12.1. The lowest BCUT2D eigenvalue weighted by Gasteiger charge is -2.26. The molecule has 4 N–H and O–H groups in total. The molecule has 1 aliphatic rings. The molecule has 1 heterocycles. The largest absolute Gasteiger partial charge is 0.398 e. The number of nitrogen functional groups attached to an aromatic ring is 1. The Morgan fingerprint density at radius 2 is 2.10 bits per heavy atom. The van der Waals surface area contributed by atoms with Gasteiger partial charge in [-0.25, -0.2) is 0 Å². The van der Waals surface area contributed by atoms with Crippen molar-refractivity contribution in [1.29, 1.82) is 0 Å². The highest BCUT2D eigenvalue weighted by Gasteiger charge is 2.34. The first kappa shape index (κ1) is 15.3. The van der Waals surface area contributed by atoms with Crippen LogP contribution in [0.4, 0.5) is 5.69 Å². The fraction of sp³-hybridized carbons (Fsp3) is 0.467. The molecule has 0 aliphatic carbocycles. The molecule has 2 atom stereocenters. The molecule has 1 aromatic carbocycles. The van der Waals surface area contributed by atoms with Gasteiger partial charge in [-0.1, -0.05) is 25.1 Å². The molecule has 1 fully saturated rings. The summed E-state index contributed by atoms with van der Waals surface area (Å²) in [4.78, 5) is 25.2. The molecule has 0 spiro atoms. The van der Waals surface area contributed by atoms with Crippen molar-refractivity contribution in [3.63, 3.8) is 0 Å². The predicted molar refractivity (Wildman–Crippen MR) is 79.0 cm³/mol. The van der Waals surface area contributed by atoms with Gasteiger partial charge in [0.25, 0.3) is 5.91 Å². The smallest absolute Gasteiger partial charge is 0.252 e. The van der Waals surface area contributed by atoms with E-state index in [0.29, 0.717) is 12.3 Å². The van der Waals surface area contributed by atoms with Gasteiger partial charge in [0.05, 0.1) is 6.54 Å². The average Bonchev–Trinajstić information content (AvgIpc) is 2.85. The van der Waals surface area contributed by atoms with Crippen LogP contribution in [0.3, 0.4) is 0 Å². The molecule has 0 radical (unpaired) electrons. The third-order valence-electron chi connectivity index (χ3n) is 3.71. The number of carbonyl (C=O) groups excluding carboxylic acids is 2. The number of hydrogen-bond acceptors (Lipinski definition) is 4. The highest BCUT2D eigenvalue weighted by molar-refractivity contribution is 5.86. The number of primary amides is 1.